The lowest BCUT2D eigenvalue weighted by molar-refractivity contribution is -0.135. The topological polar surface area (TPSA) is 173 Å². The summed E-state index contributed by atoms with van der Waals surface area (Å²) in [6, 6.07) is 17.5. The van der Waals surface area contributed by atoms with Crippen LogP contribution in [-0.2, 0) is 14.3 Å². The highest BCUT2D eigenvalue weighted by atomic mass is 16.6. The lowest BCUT2D eigenvalue weighted by atomic mass is 10.0. The van der Waals surface area contributed by atoms with Crippen LogP contribution in [0.5, 0.6) is 5.75 Å². The molecule has 7 atom stereocenters. The number of benzene rings is 2. The third kappa shape index (κ3) is 6.32. The highest BCUT2D eigenvalue weighted by molar-refractivity contribution is 5.92. The van der Waals surface area contributed by atoms with E-state index in [2.05, 4.69) is 56.3 Å². The molecule has 326 valence electrons. The highest BCUT2D eigenvalue weighted by Gasteiger charge is 2.87. The number of hydrogen-bond acceptors (Lipinski definition) is 9. The summed E-state index contributed by atoms with van der Waals surface area (Å²) in [7, 11) is 1.29. The molecule has 2 saturated heterocycles. The summed E-state index contributed by atoms with van der Waals surface area (Å²) in [6.07, 6.45) is 5.74. The highest BCUT2D eigenvalue weighted by Crippen LogP contribution is 2.82. The molecule has 6 aromatic rings. The fourth-order valence-corrected chi connectivity index (χ4v) is 10.6. The first-order valence-electron chi connectivity index (χ1n) is 22.0. The first-order valence-corrected chi connectivity index (χ1v) is 22.0. The third-order valence-corrected chi connectivity index (χ3v) is 13.8. The number of imidazole rings is 2. The van der Waals surface area contributed by atoms with Crippen LogP contribution >= 0.6 is 0 Å². The third-order valence-electron chi connectivity index (χ3n) is 13.8. The average molecular weight is 853 g/mol. The van der Waals surface area contributed by atoms with Crippen LogP contribution in [-0.4, -0.2) is 83.2 Å². The fraction of sp³-hybridized carbons (Fsp3) is 0.438. The van der Waals surface area contributed by atoms with E-state index < -0.39 is 24.0 Å². The Morgan fingerprint density at radius 3 is 2.35 bits per heavy atom. The fourth-order valence-electron chi connectivity index (χ4n) is 10.6. The summed E-state index contributed by atoms with van der Waals surface area (Å²) in [5.74, 6) is 4.49. The van der Waals surface area contributed by atoms with Gasteiger partial charge in [0.15, 0.2) is 5.76 Å². The number of methoxy groups -OCH3 is 1. The molecule has 4 fully saturated rings. The van der Waals surface area contributed by atoms with Gasteiger partial charge in [-0.05, 0) is 114 Å². The summed E-state index contributed by atoms with van der Waals surface area (Å²) in [5.41, 5.74) is 5.84. The summed E-state index contributed by atoms with van der Waals surface area (Å²) in [5, 5.41) is 3.75. The molecule has 5 aliphatic rings. The number of aromatic amines is 2. The maximum atomic E-state index is 13.8. The number of nitrogens with zero attached hydrogens (tertiary/aromatic N) is 5. The molecule has 7 heterocycles. The molecule has 2 aromatic carbocycles. The summed E-state index contributed by atoms with van der Waals surface area (Å²) >= 11 is 0. The van der Waals surface area contributed by atoms with E-state index >= 15 is 0 Å². The van der Waals surface area contributed by atoms with Crippen LogP contribution in [0, 0.1) is 24.7 Å². The first kappa shape index (κ1) is 39.3. The number of fused-ring (bicyclic) bond motifs is 6. The van der Waals surface area contributed by atoms with E-state index in [4.69, 9.17) is 28.6 Å². The number of ether oxygens (including phenoxy) is 3. The van der Waals surface area contributed by atoms with Crippen molar-refractivity contribution in [2.75, 3.05) is 13.7 Å². The second-order valence-corrected chi connectivity index (χ2v) is 19.2. The summed E-state index contributed by atoms with van der Waals surface area (Å²) in [6.45, 7) is 12.0. The zero-order valence-corrected chi connectivity index (χ0v) is 36.5. The number of aromatic nitrogens is 5. The van der Waals surface area contributed by atoms with Gasteiger partial charge < -0.3 is 38.8 Å². The number of carbonyl (C=O) groups is 3. The molecule has 11 rings (SSSR count). The van der Waals surface area contributed by atoms with Gasteiger partial charge in [0.25, 0.3) is 0 Å². The monoisotopic (exact) mass is 852 g/mol. The second-order valence-electron chi connectivity index (χ2n) is 19.2. The van der Waals surface area contributed by atoms with Gasteiger partial charge in [-0.15, -0.1) is 0 Å². The van der Waals surface area contributed by atoms with Gasteiger partial charge in [0, 0.05) is 28.6 Å². The summed E-state index contributed by atoms with van der Waals surface area (Å²) < 4.78 is 26.0. The van der Waals surface area contributed by atoms with Crippen molar-refractivity contribution in [1.29, 1.82) is 0 Å². The maximum Gasteiger partial charge on any atom is 0.411 e. The molecular formula is C48H52N8O7. The van der Waals surface area contributed by atoms with Crippen LogP contribution in [0.1, 0.15) is 102 Å². The van der Waals surface area contributed by atoms with E-state index in [1.165, 1.54) is 7.11 Å². The van der Waals surface area contributed by atoms with Crippen molar-refractivity contribution in [3.63, 3.8) is 0 Å². The lowest BCUT2D eigenvalue weighted by Gasteiger charge is -2.30. The van der Waals surface area contributed by atoms with Gasteiger partial charge in [-0.3, -0.25) is 14.3 Å². The smallest absolute Gasteiger partial charge is 0.411 e. The van der Waals surface area contributed by atoms with Gasteiger partial charge >= 0.3 is 12.2 Å². The zero-order chi connectivity index (χ0) is 43.7. The molecule has 3 unspecified atom stereocenters. The average Bonchev–Trinajstić information content (AvgIpc) is 3.80. The molecule has 15 nitrogen and oxygen atoms in total. The van der Waals surface area contributed by atoms with Crippen molar-refractivity contribution in [3.8, 4) is 39.5 Å². The van der Waals surface area contributed by atoms with E-state index in [-0.39, 0.29) is 35.5 Å². The van der Waals surface area contributed by atoms with E-state index in [0.717, 1.165) is 81.9 Å². The van der Waals surface area contributed by atoms with Gasteiger partial charge in [-0.1, -0.05) is 26.0 Å². The molecule has 0 bridgehead atoms. The molecule has 15 heteroatoms. The predicted octanol–water partition coefficient (Wildman–Crippen LogP) is 9.04. The van der Waals surface area contributed by atoms with E-state index in [0.29, 0.717) is 35.7 Å². The van der Waals surface area contributed by atoms with E-state index in [1.54, 1.807) is 6.20 Å². The van der Waals surface area contributed by atoms with Crippen molar-refractivity contribution < 1.29 is 33.0 Å². The number of likely N-dealkylation sites (tertiary alicyclic amines) is 2. The number of nitrogens with one attached hydrogen (secondary N) is 3. The van der Waals surface area contributed by atoms with Gasteiger partial charge in [-0.2, -0.15) is 0 Å². The Labute approximate surface area is 364 Å². The minimum Gasteiger partial charge on any atom is -0.462 e. The minimum absolute atomic E-state index is 0.0445. The Kier molecular flexibility index (Phi) is 8.74. The number of aryl methyl sites for hydroxylation is 1. The van der Waals surface area contributed by atoms with Crippen LogP contribution in [0.25, 0.3) is 44.7 Å². The Hall–Kier alpha value is -6.51. The second kappa shape index (κ2) is 14.0. The molecule has 3 amide bonds. The Morgan fingerprint density at radius 2 is 1.67 bits per heavy atom. The van der Waals surface area contributed by atoms with Crippen molar-refractivity contribution >= 4 is 29.0 Å². The van der Waals surface area contributed by atoms with Crippen molar-refractivity contribution in [3.05, 3.63) is 90.2 Å². The number of alkyl carbamates (subject to hydrolysis) is 1. The van der Waals surface area contributed by atoms with Gasteiger partial charge in [-0.25, -0.2) is 19.6 Å². The largest absolute Gasteiger partial charge is 0.462 e. The predicted molar refractivity (Wildman–Crippen MR) is 232 cm³/mol. The van der Waals surface area contributed by atoms with Crippen LogP contribution in [0.4, 0.5) is 9.59 Å². The van der Waals surface area contributed by atoms with Crippen molar-refractivity contribution in [2.24, 2.45) is 17.8 Å². The Morgan fingerprint density at radius 1 is 0.937 bits per heavy atom. The van der Waals surface area contributed by atoms with Crippen LogP contribution < -0.4 is 10.1 Å². The minimum atomic E-state index is -0.715. The molecule has 2 saturated carbocycles. The number of furan rings is 1. The standard InChI is InChI=1S/C48H52N8O7/c1-24(2)40(53-45(58)60-7)43(57)54-16-8-9-35(54)41-49-23-33(51-41)27-11-13-29-36-18-28-17-26(12-14-34(28)55(36)44(62-39(29)19-27)38-15-10-25(3)61-38)32-22-50-42(52-32)37-20-30-31-21-48(30,31)56(37)46(59)63-47(4,5)6/h10-15,17-19,22-24,30-31,35,37,40,44H,8-9,16,20-21H2,1-7H3,(H,49,51)(H,50,52)(H,53,58)/t30?,31-,35-,37-,40-,44?,48?/m0/s1. The van der Waals surface area contributed by atoms with Crippen molar-refractivity contribution in [2.45, 2.75) is 103 Å². The molecule has 2 aliphatic carbocycles. The normalized spacial score (nSPS) is 24.7. The first-order chi connectivity index (χ1) is 30.2. The number of hydrogen-bond donors (Lipinski definition) is 3. The number of piperidine rings is 1. The SMILES string of the molecule is COC(=O)N[C@H](C(=O)N1CCC[C@H]1c1ncc(-c2ccc3c(c2)OC(c2ccc(C)o2)n2c-3cc3cc(-c4cnc([C@@H]5CC6[C@@H]7CC67N5C(=O)OC(C)(C)C)[nH]4)ccc32)[nH]1)C(C)C. The molecule has 0 radical (unpaired) electrons. The van der Waals surface area contributed by atoms with E-state index in [9.17, 15) is 14.4 Å². The number of rotatable bonds is 8. The zero-order valence-electron chi connectivity index (χ0n) is 36.5. The molecule has 4 aromatic heterocycles. The lowest BCUT2D eigenvalue weighted by Crippen LogP contribution is -2.51. The number of carbonyl (C=O) groups excluding carboxylic acids is 3. The summed E-state index contributed by atoms with van der Waals surface area (Å²) in [4.78, 5) is 59.9. The Balaban J connectivity index is 0.892. The maximum absolute atomic E-state index is 13.8. The van der Waals surface area contributed by atoms with Gasteiger partial charge in [0.1, 0.15) is 34.8 Å². The number of amides is 3. The molecule has 63 heavy (non-hydrogen) atoms. The quantitative estimate of drug-likeness (QED) is 0.135. The molecule has 3 N–H and O–H groups in total. The Bertz CT molecular complexity index is 2830. The number of H-pyrrole nitrogens is 2. The molecule has 1 spiro atoms. The molecule has 3 aliphatic heterocycles. The van der Waals surface area contributed by atoms with Crippen LogP contribution in [0.15, 0.2) is 71.4 Å². The van der Waals surface area contributed by atoms with Gasteiger partial charge in [0.05, 0.1) is 59.7 Å². The molecular weight excluding hydrogens is 801 g/mol. The van der Waals surface area contributed by atoms with Crippen LogP contribution in [0.2, 0.25) is 0 Å². The van der Waals surface area contributed by atoms with Crippen molar-refractivity contribution in [1.82, 2.24) is 39.6 Å². The van der Waals surface area contributed by atoms with E-state index in [1.807, 2.05) is 75.7 Å². The van der Waals surface area contributed by atoms with Gasteiger partial charge in [0.2, 0.25) is 12.1 Å². The van der Waals surface area contributed by atoms with Crippen LogP contribution in [0.3, 0.4) is 0 Å².